The van der Waals surface area contributed by atoms with Gasteiger partial charge in [0.25, 0.3) is 0 Å². The number of hydrogen-bond donors (Lipinski definition) is 1. The van der Waals surface area contributed by atoms with E-state index >= 15 is 0 Å². The van der Waals surface area contributed by atoms with Crippen LogP contribution < -0.4 is 0 Å². The summed E-state index contributed by atoms with van der Waals surface area (Å²) in [4.78, 5) is 0. The highest BCUT2D eigenvalue weighted by Gasteiger charge is 2.54. The Hall–Kier alpha value is -0.830. The van der Waals surface area contributed by atoms with E-state index in [4.69, 9.17) is 0 Å². The molecule has 1 N–H and O–H groups in total. The van der Waals surface area contributed by atoms with Crippen molar-refractivity contribution in [2.24, 2.45) is 13.0 Å². The minimum atomic E-state index is -0.561. The molecule has 3 heteroatoms. The van der Waals surface area contributed by atoms with Gasteiger partial charge in [-0.3, -0.25) is 4.68 Å². The van der Waals surface area contributed by atoms with Crippen molar-refractivity contribution < 1.29 is 5.11 Å². The van der Waals surface area contributed by atoms with Crippen LogP contribution in [0, 0.1) is 5.92 Å². The third-order valence-electron chi connectivity index (χ3n) is 3.27. The Labute approximate surface area is 84.7 Å². The van der Waals surface area contributed by atoms with E-state index in [0.29, 0.717) is 5.92 Å². The first-order valence-electron chi connectivity index (χ1n) is 5.37. The van der Waals surface area contributed by atoms with Gasteiger partial charge >= 0.3 is 0 Å². The van der Waals surface area contributed by atoms with Gasteiger partial charge in [0.2, 0.25) is 0 Å². The van der Waals surface area contributed by atoms with Crippen molar-refractivity contribution in [2.75, 3.05) is 0 Å². The van der Waals surface area contributed by atoms with Crippen LogP contribution >= 0.6 is 0 Å². The molecule has 14 heavy (non-hydrogen) atoms. The largest absolute Gasteiger partial charge is 0.385 e. The lowest BCUT2D eigenvalue weighted by Crippen LogP contribution is -2.10. The zero-order valence-electron chi connectivity index (χ0n) is 9.12. The summed E-state index contributed by atoms with van der Waals surface area (Å²) >= 11 is 0. The molecular formula is C11H18N2O. The van der Waals surface area contributed by atoms with Crippen LogP contribution in [-0.2, 0) is 19.1 Å². The molecule has 1 heterocycles. The van der Waals surface area contributed by atoms with Crippen LogP contribution in [-0.4, -0.2) is 14.9 Å². The topological polar surface area (TPSA) is 38.0 Å². The molecule has 0 saturated heterocycles. The Morgan fingerprint density at radius 1 is 1.64 bits per heavy atom. The number of aliphatic hydroxyl groups is 1. The highest BCUT2D eigenvalue weighted by molar-refractivity contribution is 5.31. The van der Waals surface area contributed by atoms with Crippen molar-refractivity contribution in [1.82, 2.24) is 9.78 Å². The van der Waals surface area contributed by atoms with Gasteiger partial charge in [0.15, 0.2) is 0 Å². The Morgan fingerprint density at radius 2 is 2.36 bits per heavy atom. The molecular weight excluding hydrogens is 176 g/mol. The van der Waals surface area contributed by atoms with Crippen molar-refractivity contribution in [2.45, 2.75) is 38.7 Å². The van der Waals surface area contributed by atoms with E-state index in [0.717, 1.165) is 30.5 Å². The molecule has 1 aromatic heterocycles. The SMILES string of the molecule is CCc1nn(C)cc1C1(O)CC1CC. The summed E-state index contributed by atoms with van der Waals surface area (Å²) in [7, 11) is 1.91. The maximum Gasteiger partial charge on any atom is 0.0962 e. The van der Waals surface area contributed by atoms with E-state index in [1.807, 2.05) is 13.2 Å². The Balaban J connectivity index is 2.32. The van der Waals surface area contributed by atoms with Crippen LogP contribution in [0.5, 0.6) is 0 Å². The Kier molecular flexibility index (Phi) is 2.14. The Morgan fingerprint density at radius 3 is 2.86 bits per heavy atom. The minimum Gasteiger partial charge on any atom is -0.385 e. The molecule has 1 fully saturated rings. The fourth-order valence-electron chi connectivity index (χ4n) is 2.29. The van der Waals surface area contributed by atoms with Gasteiger partial charge in [-0.2, -0.15) is 5.10 Å². The van der Waals surface area contributed by atoms with Crippen LogP contribution in [0.3, 0.4) is 0 Å². The number of hydrogen-bond acceptors (Lipinski definition) is 2. The molecule has 1 aliphatic rings. The second-order valence-electron chi connectivity index (χ2n) is 4.25. The maximum atomic E-state index is 10.3. The molecule has 2 unspecified atom stereocenters. The lowest BCUT2D eigenvalue weighted by molar-refractivity contribution is 0.129. The van der Waals surface area contributed by atoms with E-state index < -0.39 is 5.60 Å². The first-order valence-corrected chi connectivity index (χ1v) is 5.37. The summed E-state index contributed by atoms with van der Waals surface area (Å²) in [5, 5.41) is 14.7. The van der Waals surface area contributed by atoms with E-state index in [2.05, 4.69) is 18.9 Å². The first-order chi connectivity index (χ1) is 6.61. The summed E-state index contributed by atoms with van der Waals surface area (Å²) in [5.74, 6) is 0.442. The molecule has 3 nitrogen and oxygen atoms in total. The first kappa shape index (κ1) is 9.71. The van der Waals surface area contributed by atoms with Gasteiger partial charge in [-0.05, 0) is 18.8 Å². The highest BCUT2D eigenvalue weighted by Crippen LogP contribution is 2.54. The van der Waals surface area contributed by atoms with Crippen LogP contribution in [0.4, 0.5) is 0 Å². The van der Waals surface area contributed by atoms with Crippen molar-refractivity contribution in [3.8, 4) is 0 Å². The second-order valence-corrected chi connectivity index (χ2v) is 4.25. The fourth-order valence-corrected chi connectivity index (χ4v) is 2.29. The third-order valence-corrected chi connectivity index (χ3v) is 3.27. The number of rotatable bonds is 3. The van der Waals surface area contributed by atoms with Gasteiger partial charge in [0.1, 0.15) is 0 Å². The van der Waals surface area contributed by atoms with E-state index in [9.17, 15) is 5.11 Å². The summed E-state index contributed by atoms with van der Waals surface area (Å²) in [6.07, 6.45) is 4.82. The maximum absolute atomic E-state index is 10.3. The molecule has 0 aromatic carbocycles. The number of aryl methyl sites for hydroxylation is 2. The molecule has 0 radical (unpaired) electrons. The lowest BCUT2D eigenvalue weighted by Gasteiger charge is -2.08. The molecule has 1 aliphatic carbocycles. The molecule has 0 aliphatic heterocycles. The molecule has 2 atom stereocenters. The molecule has 1 aromatic rings. The van der Waals surface area contributed by atoms with Crippen LogP contribution in [0.25, 0.3) is 0 Å². The molecule has 0 amide bonds. The molecule has 0 spiro atoms. The zero-order chi connectivity index (χ0) is 10.3. The minimum absolute atomic E-state index is 0.442. The third kappa shape index (κ3) is 1.27. The number of aromatic nitrogens is 2. The Bertz CT molecular complexity index is 345. The van der Waals surface area contributed by atoms with Crippen LogP contribution in [0.1, 0.15) is 37.9 Å². The summed E-state index contributed by atoms with van der Waals surface area (Å²) in [5.41, 5.74) is 1.54. The van der Waals surface area contributed by atoms with Crippen molar-refractivity contribution in [3.05, 3.63) is 17.5 Å². The fraction of sp³-hybridized carbons (Fsp3) is 0.727. The average molecular weight is 194 g/mol. The lowest BCUT2D eigenvalue weighted by atomic mass is 10.0. The molecule has 2 rings (SSSR count). The molecule has 0 bridgehead atoms. The standard InChI is InChI=1S/C11H18N2O/c1-4-8-6-11(8,14)9-7-13(3)12-10(9)5-2/h7-8,14H,4-6H2,1-3H3. The van der Waals surface area contributed by atoms with E-state index in [1.165, 1.54) is 0 Å². The summed E-state index contributed by atoms with van der Waals surface area (Å²) in [6.45, 7) is 4.21. The monoisotopic (exact) mass is 194 g/mol. The highest BCUT2D eigenvalue weighted by atomic mass is 16.3. The normalized spacial score (nSPS) is 30.7. The predicted molar refractivity (Wildman–Crippen MR) is 54.9 cm³/mol. The summed E-state index contributed by atoms with van der Waals surface area (Å²) in [6, 6.07) is 0. The summed E-state index contributed by atoms with van der Waals surface area (Å²) < 4.78 is 1.80. The van der Waals surface area contributed by atoms with Crippen molar-refractivity contribution >= 4 is 0 Å². The van der Waals surface area contributed by atoms with Crippen LogP contribution in [0.15, 0.2) is 6.20 Å². The zero-order valence-corrected chi connectivity index (χ0v) is 9.12. The molecule has 78 valence electrons. The van der Waals surface area contributed by atoms with Gasteiger partial charge < -0.3 is 5.11 Å². The average Bonchev–Trinajstić information content (AvgIpc) is 2.68. The second kappa shape index (κ2) is 3.09. The van der Waals surface area contributed by atoms with E-state index in [-0.39, 0.29) is 0 Å². The predicted octanol–water partition coefficient (Wildman–Crippen LogP) is 1.60. The smallest absolute Gasteiger partial charge is 0.0962 e. The van der Waals surface area contributed by atoms with Gasteiger partial charge in [-0.1, -0.05) is 20.3 Å². The van der Waals surface area contributed by atoms with Crippen molar-refractivity contribution in [1.29, 1.82) is 0 Å². The van der Waals surface area contributed by atoms with Gasteiger partial charge in [0, 0.05) is 18.8 Å². The number of nitrogens with zero attached hydrogens (tertiary/aromatic N) is 2. The van der Waals surface area contributed by atoms with Gasteiger partial charge in [-0.25, -0.2) is 0 Å². The van der Waals surface area contributed by atoms with Crippen LogP contribution in [0.2, 0.25) is 0 Å². The van der Waals surface area contributed by atoms with Gasteiger partial charge in [0.05, 0.1) is 11.3 Å². The van der Waals surface area contributed by atoms with Gasteiger partial charge in [-0.15, -0.1) is 0 Å². The quantitative estimate of drug-likeness (QED) is 0.793. The van der Waals surface area contributed by atoms with Crippen molar-refractivity contribution in [3.63, 3.8) is 0 Å². The molecule has 1 saturated carbocycles. The van der Waals surface area contributed by atoms with E-state index in [1.54, 1.807) is 4.68 Å².